The highest BCUT2D eigenvalue weighted by Crippen LogP contribution is 2.42. The molecule has 1 aromatic rings. The van der Waals surface area contributed by atoms with Gasteiger partial charge in [0.1, 0.15) is 0 Å². The van der Waals surface area contributed by atoms with Gasteiger partial charge in [-0.15, -0.1) is 0 Å². The molecule has 1 heterocycles. The largest absolute Gasteiger partial charge is 0.339 e. The molecule has 66 valence electrons. The zero-order chi connectivity index (χ0) is 8.84. The summed E-state index contributed by atoms with van der Waals surface area (Å²) in [6.07, 6.45) is 1.03. The van der Waals surface area contributed by atoms with Crippen LogP contribution in [0.25, 0.3) is 0 Å². The molecule has 1 saturated heterocycles. The smallest absolute Gasteiger partial charge is 0.279 e. The maximum absolute atomic E-state index is 11.1. The third-order valence-corrected chi connectivity index (χ3v) is 3.79. The van der Waals surface area contributed by atoms with E-state index in [4.69, 9.17) is 0 Å². The predicted molar refractivity (Wildman–Crippen MR) is 52.8 cm³/mol. The molecular formula is C10H9NOS. The van der Waals surface area contributed by atoms with Gasteiger partial charge in [0.15, 0.2) is 0 Å². The third-order valence-electron chi connectivity index (χ3n) is 2.71. The summed E-state index contributed by atoms with van der Waals surface area (Å²) in [6, 6.07) is 8.64. The fourth-order valence-corrected chi connectivity index (χ4v) is 3.22. The van der Waals surface area contributed by atoms with Crippen molar-refractivity contribution in [3.63, 3.8) is 0 Å². The maximum atomic E-state index is 11.1. The van der Waals surface area contributed by atoms with Gasteiger partial charge in [0.2, 0.25) is 0 Å². The Morgan fingerprint density at radius 1 is 1.38 bits per heavy atom. The molecule has 2 unspecified atom stereocenters. The number of rotatable bonds is 0. The van der Waals surface area contributed by atoms with Crippen molar-refractivity contribution in [2.45, 2.75) is 17.7 Å². The van der Waals surface area contributed by atoms with Gasteiger partial charge < -0.3 is 5.32 Å². The Hall–Kier alpha value is -0.960. The van der Waals surface area contributed by atoms with E-state index in [-0.39, 0.29) is 11.3 Å². The average molecular weight is 191 g/mol. The molecule has 1 aliphatic heterocycles. The summed E-state index contributed by atoms with van der Waals surface area (Å²) < 4.78 is 0. The molecule has 13 heavy (non-hydrogen) atoms. The van der Waals surface area contributed by atoms with Crippen LogP contribution in [0.5, 0.6) is 0 Å². The first-order chi connectivity index (χ1) is 6.34. The lowest BCUT2D eigenvalue weighted by molar-refractivity contribution is 0.260. The molecule has 3 rings (SSSR count). The lowest BCUT2D eigenvalue weighted by atomic mass is 10.1. The molecule has 0 saturated carbocycles. The highest BCUT2D eigenvalue weighted by Gasteiger charge is 2.40. The van der Waals surface area contributed by atoms with E-state index in [0.717, 1.165) is 6.42 Å². The molecule has 2 aliphatic rings. The first kappa shape index (κ1) is 7.44. The van der Waals surface area contributed by atoms with E-state index in [1.165, 1.54) is 22.9 Å². The molecular weight excluding hydrogens is 182 g/mol. The quantitative estimate of drug-likeness (QED) is 0.680. The lowest BCUT2D eigenvalue weighted by Crippen LogP contribution is -2.18. The van der Waals surface area contributed by atoms with Crippen molar-refractivity contribution < 1.29 is 4.79 Å². The summed E-state index contributed by atoms with van der Waals surface area (Å²) in [4.78, 5) is 11.1. The van der Waals surface area contributed by atoms with Crippen LogP contribution in [0.2, 0.25) is 0 Å². The van der Waals surface area contributed by atoms with Crippen molar-refractivity contribution in [3.8, 4) is 0 Å². The molecule has 0 aromatic heterocycles. The van der Waals surface area contributed by atoms with Gasteiger partial charge in [-0.05, 0) is 17.5 Å². The van der Waals surface area contributed by atoms with Crippen molar-refractivity contribution in [1.29, 1.82) is 0 Å². The van der Waals surface area contributed by atoms with Gasteiger partial charge in [-0.2, -0.15) is 0 Å². The molecule has 3 heteroatoms. The van der Waals surface area contributed by atoms with E-state index < -0.39 is 0 Å². The molecule has 2 nitrogen and oxygen atoms in total. The molecule has 0 radical (unpaired) electrons. The van der Waals surface area contributed by atoms with Gasteiger partial charge in [0.25, 0.3) is 5.24 Å². The summed E-state index contributed by atoms with van der Waals surface area (Å²) in [5.74, 6) is 0. The molecule has 2 atom stereocenters. The van der Waals surface area contributed by atoms with E-state index in [1.807, 2.05) is 6.07 Å². The topological polar surface area (TPSA) is 29.1 Å². The number of carbonyl (C=O) groups is 1. The molecule has 1 aliphatic carbocycles. The van der Waals surface area contributed by atoms with Gasteiger partial charge in [-0.25, -0.2) is 0 Å². The molecule has 1 N–H and O–H groups in total. The second-order valence-electron chi connectivity index (χ2n) is 3.47. The minimum absolute atomic E-state index is 0.129. The predicted octanol–water partition coefficient (Wildman–Crippen LogP) is 2.11. The van der Waals surface area contributed by atoms with Crippen molar-refractivity contribution >= 4 is 17.0 Å². The Morgan fingerprint density at radius 3 is 3.15 bits per heavy atom. The van der Waals surface area contributed by atoms with Gasteiger partial charge in [0.05, 0.1) is 6.04 Å². The van der Waals surface area contributed by atoms with Crippen LogP contribution in [0, 0.1) is 0 Å². The van der Waals surface area contributed by atoms with Gasteiger partial charge in [0, 0.05) is 5.25 Å². The first-order valence-corrected chi connectivity index (χ1v) is 5.27. The normalized spacial score (nSPS) is 29.7. The standard InChI is InChI=1S/C10H9NOS/c12-10-11-9-7-4-2-1-3-6(7)5-8(9)13-10/h1-4,8-9H,5H2,(H,11,12). The highest BCUT2D eigenvalue weighted by atomic mass is 32.2. The van der Waals surface area contributed by atoms with Crippen molar-refractivity contribution in [2.75, 3.05) is 0 Å². The minimum atomic E-state index is 0.129. The highest BCUT2D eigenvalue weighted by molar-refractivity contribution is 8.14. The number of fused-ring (bicyclic) bond motifs is 3. The number of benzene rings is 1. The second-order valence-corrected chi connectivity index (χ2v) is 4.68. The fraction of sp³-hybridized carbons (Fsp3) is 0.300. The van der Waals surface area contributed by atoms with Crippen LogP contribution in [-0.2, 0) is 6.42 Å². The Bertz CT molecular complexity index is 377. The molecule has 0 bridgehead atoms. The number of thioether (sulfide) groups is 1. The Morgan fingerprint density at radius 2 is 2.23 bits per heavy atom. The molecule has 1 amide bonds. The van der Waals surface area contributed by atoms with Crippen LogP contribution in [0.3, 0.4) is 0 Å². The van der Waals surface area contributed by atoms with E-state index in [0.29, 0.717) is 5.25 Å². The van der Waals surface area contributed by atoms with Crippen LogP contribution < -0.4 is 5.32 Å². The molecule has 1 fully saturated rings. The average Bonchev–Trinajstić information content (AvgIpc) is 2.60. The maximum Gasteiger partial charge on any atom is 0.279 e. The molecule has 1 aromatic carbocycles. The van der Waals surface area contributed by atoms with Crippen LogP contribution >= 0.6 is 11.8 Å². The summed E-state index contributed by atoms with van der Waals surface area (Å²) >= 11 is 1.44. The summed E-state index contributed by atoms with van der Waals surface area (Å²) in [6.45, 7) is 0. The van der Waals surface area contributed by atoms with Gasteiger partial charge in [-0.3, -0.25) is 4.79 Å². The fourth-order valence-electron chi connectivity index (χ4n) is 2.14. The van der Waals surface area contributed by atoms with Crippen LogP contribution in [-0.4, -0.2) is 10.5 Å². The van der Waals surface area contributed by atoms with Crippen molar-refractivity contribution in [2.24, 2.45) is 0 Å². The lowest BCUT2D eigenvalue weighted by Gasteiger charge is -2.07. The zero-order valence-electron chi connectivity index (χ0n) is 6.99. The Balaban J connectivity index is 2.06. The van der Waals surface area contributed by atoms with Gasteiger partial charge >= 0.3 is 0 Å². The van der Waals surface area contributed by atoms with E-state index in [2.05, 4.69) is 23.5 Å². The first-order valence-electron chi connectivity index (χ1n) is 4.39. The second kappa shape index (κ2) is 2.51. The van der Waals surface area contributed by atoms with E-state index >= 15 is 0 Å². The zero-order valence-corrected chi connectivity index (χ0v) is 7.80. The van der Waals surface area contributed by atoms with E-state index in [9.17, 15) is 4.79 Å². The summed E-state index contributed by atoms with van der Waals surface area (Å²) in [7, 11) is 0. The summed E-state index contributed by atoms with van der Waals surface area (Å²) in [5, 5.41) is 3.56. The number of hydrogen-bond acceptors (Lipinski definition) is 2. The van der Waals surface area contributed by atoms with E-state index in [1.54, 1.807) is 0 Å². The number of nitrogens with one attached hydrogen (secondary N) is 1. The monoisotopic (exact) mass is 191 g/mol. The number of amides is 1. The van der Waals surface area contributed by atoms with Crippen LogP contribution in [0.1, 0.15) is 17.2 Å². The van der Waals surface area contributed by atoms with Crippen molar-refractivity contribution in [3.05, 3.63) is 35.4 Å². The van der Waals surface area contributed by atoms with Crippen LogP contribution in [0.4, 0.5) is 4.79 Å². The number of hydrogen-bond donors (Lipinski definition) is 1. The minimum Gasteiger partial charge on any atom is -0.339 e. The Labute approximate surface area is 80.7 Å². The van der Waals surface area contributed by atoms with Gasteiger partial charge in [-0.1, -0.05) is 36.0 Å². The number of carbonyl (C=O) groups excluding carboxylic acids is 1. The molecule has 0 spiro atoms. The van der Waals surface area contributed by atoms with Crippen molar-refractivity contribution in [1.82, 2.24) is 5.32 Å². The summed E-state index contributed by atoms with van der Waals surface area (Å²) in [5.41, 5.74) is 2.70. The van der Waals surface area contributed by atoms with Crippen LogP contribution in [0.15, 0.2) is 24.3 Å². The Kier molecular flexibility index (Phi) is 1.44. The SMILES string of the molecule is O=C1NC2c3ccccc3CC2S1. The third kappa shape index (κ3) is 1.000.